The average Bonchev–Trinajstić information content (AvgIpc) is 3.18. The van der Waals surface area contributed by atoms with Gasteiger partial charge in [-0.2, -0.15) is 15.1 Å². The lowest BCUT2D eigenvalue weighted by molar-refractivity contribution is -0.138. The molecule has 0 fully saturated rings. The lowest BCUT2D eigenvalue weighted by Crippen LogP contribution is -2.33. The van der Waals surface area contributed by atoms with Crippen molar-refractivity contribution in [2.45, 2.75) is 6.04 Å². The predicted molar refractivity (Wildman–Crippen MR) is 111 cm³/mol. The molecule has 1 unspecified atom stereocenters. The number of hydrogen-bond donors (Lipinski definition) is 4. The molecule has 32 heavy (non-hydrogen) atoms. The Labute approximate surface area is 183 Å². The van der Waals surface area contributed by atoms with E-state index < -0.39 is 30.3 Å². The average molecular weight is 462 g/mol. The van der Waals surface area contributed by atoms with Crippen molar-refractivity contribution in [1.82, 2.24) is 20.2 Å². The third kappa shape index (κ3) is 4.15. The summed E-state index contributed by atoms with van der Waals surface area (Å²) in [5.74, 6) is -3.53. The van der Waals surface area contributed by atoms with E-state index in [9.17, 15) is 23.8 Å². The standard InChI is InChI=1S/C20H14ClF2N5O4/c21-11-4-2-1-3-10(11)16-15-17(24-13(8-29)19(30)31)25-20(26-18(15)28-27-16)32-14-6-5-9(22)7-12(14)23/h1-7,13,29H,8H2,(H,30,31)(H2,24,25,26,27,28). The van der Waals surface area contributed by atoms with Crippen molar-refractivity contribution in [1.29, 1.82) is 0 Å². The zero-order valence-electron chi connectivity index (χ0n) is 16.0. The summed E-state index contributed by atoms with van der Waals surface area (Å²) in [5, 5.41) is 28.9. The molecular formula is C20H14ClF2N5O4. The van der Waals surface area contributed by atoms with Crippen LogP contribution in [0.25, 0.3) is 22.3 Å². The molecule has 164 valence electrons. The molecule has 2 aromatic carbocycles. The molecule has 2 aromatic heterocycles. The van der Waals surface area contributed by atoms with Gasteiger partial charge >= 0.3 is 12.0 Å². The Hall–Kier alpha value is -3.83. The van der Waals surface area contributed by atoms with Crippen molar-refractivity contribution < 1.29 is 28.5 Å². The molecule has 0 saturated heterocycles. The molecule has 0 aliphatic heterocycles. The quantitative estimate of drug-likeness (QED) is 0.328. The fraction of sp³-hybridized carbons (Fsp3) is 0.100. The van der Waals surface area contributed by atoms with E-state index >= 15 is 0 Å². The van der Waals surface area contributed by atoms with Crippen molar-refractivity contribution in [2.24, 2.45) is 0 Å². The minimum atomic E-state index is -1.42. The van der Waals surface area contributed by atoms with Gasteiger partial charge in [0.15, 0.2) is 17.2 Å². The molecule has 12 heteroatoms. The molecule has 0 aliphatic carbocycles. The van der Waals surface area contributed by atoms with Gasteiger partial charge in [0.05, 0.1) is 17.7 Å². The number of aliphatic carboxylic acids is 1. The first kappa shape index (κ1) is 21.4. The Kier molecular flexibility index (Phi) is 5.84. The number of H-pyrrole nitrogens is 1. The highest BCUT2D eigenvalue weighted by atomic mass is 35.5. The van der Waals surface area contributed by atoms with Crippen LogP contribution in [-0.2, 0) is 4.79 Å². The Morgan fingerprint density at radius 1 is 1.22 bits per heavy atom. The van der Waals surface area contributed by atoms with Crippen molar-refractivity contribution in [3.63, 3.8) is 0 Å². The molecule has 0 saturated carbocycles. The maximum atomic E-state index is 14.0. The van der Waals surface area contributed by atoms with Gasteiger partial charge in [0.25, 0.3) is 0 Å². The predicted octanol–water partition coefficient (Wildman–Crippen LogP) is 3.60. The minimum absolute atomic E-state index is 0.0528. The number of hydrogen-bond acceptors (Lipinski definition) is 7. The molecular weight excluding hydrogens is 448 g/mol. The number of nitrogens with one attached hydrogen (secondary N) is 2. The first-order valence-electron chi connectivity index (χ1n) is 9.11. The molecule has 1 atom stereocenters. The van der Waals surface area contributed by atoms with Gasteiger partial charge in [0.2, 0.25) is 0 Å². The maximum Gasteiger partial charge on any atom is 0.328 e. The summed E-state index contributed by atoms with van der Waals surface area (Å²) >= 11 is 6.28. The number of carboxylic acid groups (broad SMARTS) is 1. The Morgan fingerprint density at radius 3 is 2.69 bits per heavy atom. The number of carboxylic acids is 1. The van der Waals surface area contributed by atoms with E-state index in [1.165, 1.54) is 0 Å². The molecule has 4 rings (SSSR count). The molecule has 9 nitrogen and oxygen atoms in total. The fourth-order valence-corrected chi connectivity index (χ4v) is 3.15. The lowest BCUT2D eigenvalue weighted by Gasteiger charge is -2.14. The number of anilines is 1. The second kappa shape index (κ2) is 8.73. The van der Waals surface area contributed by atoms with E-state index in [4.69, 9.17) is 16.3 Å². The van der Waals surface area contributed by atoms with Gasteiger partial charge in [-0.25, -0.2) is 13.6 Å². The largest absolute Gasteiger partial charge is 0.480 e. The van der Waals surface area contributed by atoms with Crippen LogP contribution >= 0.6 is 11.6 Å². The van der Waals surface area contributed by atoms with Crippen LogP contribution in [0.2, 0.25) is 5.02 Å². The lowest BCUT2D eigenvalue weighted by atomic mass is 10.1. The van der Waals surface area contributed by atoms with Crippen LogP contribution in [0.15, 0.2) is 42.5 Å². The van der Waals surface area contributed by atoms with E-state index in [2.05, 4.69) is 25.5 Å². The van der Waals surface area contributed by atoms with Crippen molar-refractivity contribution in [2.75, 3.05) is 11.9 Å². The highest BCUT2D eigenvalue weighted by Gasteiger charge is 2.24. The second-order valence-corrected chi connectivity index (χ2v) is 6.93. The summed E-state index contributed by atoms with van der Waals surface area (Å²) in [5.41, 5.74) is 0.976. The number of aliphatic hydroxyl groups excluding tert-OH is 1. The minimum Gasteiger partial charge on any atom is -0.480 e. The summed E-state index contributed by atoms with van der Waals surface area (Å²) in [4.78, 5) is 19.7. The zero-order valence-corrected chi connectivity index (χ0v) is 16.8. The zero-order chi connectivity index (χ0) is 22.8. The van der Waals surface area contributed by atoms with Gasteiger partial charge in [-0.15, -0.1) is 0 Å². The first-order chi connectivity index (χ1) is 15.4. The van der Waals surface area contributed by atoms with E-state index in [0.29, 0.717) is 22.3 Å². The summed E-state index contributed by atoms with van der Waals surface area (Å²) < 4.78 is 32.5. The Balaban J connectivity index is 1.86. The Morgan fingerprint density at radius 2 is 2.00 bits per heavy atom. The van der Waals surface area contributed by atoms with Gasteiger partial charge in [-0.1, -0.05) is 29.8 Å². The van der Waals surface area contributed by atoms with Crippen LogP contribution in [0.1, 0.15) is 0 Å². The number of rotatable bonds is 7. The number of benzene rings is 2. The number of halogens is 3. The number of nitrogens with zero attached hydrogens (tertiary/aromatic N) is 3. The molecule has 0 spiro atoms. The normalized spacial score (nSPS) is 12.0. The van der Waals surface area contributed by atoms with Gasteiger partial charge < -0.3 is 20.3 Å². The third-order valence-corrected chi connectivity index (χ3v) is 4.75. The molecule has 0 amide bonds. The highest BCUT2D eigenvalue weighted by Crippen LogP contribution is 2.36. The van der Waals surface area contributed by atoms with Gasteiger partial charge in [0.1, 0.15) is 17.7 Å². The van der Waals surface area contributed by atoms with Crippen LogP contribution in [0.4, 0.5) is 14.6 Å². The SMILES string of the molecule is O=C(O)C(CO)Nc1nc(Oc2ccc(F)cc2F)nc2n[nH]c(-c3ccccc3Cl)c12. The van der Waals surface area contributed by atoms with Gasteiger partial charge in [0, 0.05) is 16.7 Å². The van der Waals surface area contributed by atoms with E-state index in [0.717, 1.165) is 12.1 Å². The van der Waals surface area contributed by atoms with Gasteiger partial charge in [-0.3, -0.25) is 5.10 Å². The number of fused-ring (bicyclic) bond motifs is 1. The molecule has 0 aliphatic rings. The van der Waals surface area contributed by atoms with Crippen LogP contribution in [0.3, 0.4) is 0 Å². The summed E-state index contributed by atoms with van der Waals surface area (Å²) in [7, 11) is 0. The number of aliphatic hydroxyl groups is 1. The number of aromatic nitrogens is 4. The fourth-order valence-electron chi connectivity index (χ4n) is 2.92. The summed E-state index contributed by atoms with van der Waals surface area (Å²) in [6.45, 7) is -0.747. The van der Waals surface area contributed by atoms with E-state index in [1.54, 1.807) is 24.3 Å². The number of aromatic amines is 1. The maximum absolute atomic E-state index is 14.0. The van der Waals surface area contributed by atoms with Gasteiger partial charge in [-0.05, 0) is 18.2 Å². The van der Waals surface area contributed by atoms with E-state index in [1.807, 2.05) is 0 Å². The van der Waals surface area contributed by atoms with E-state index in [-0.39, 0.29) is 28.6 Å². The summed E-state index contributed by atoms with van der Waals surface area (Å²) in [6.07, 6.45) is 0. The van der Waals surface area contributed by atoms with Crippen LogP contribution < -0.4 is 10.1 Å². The molecule has 0 radical (unpaired) electrons. The first-order valence-corrected chi connectivity index (χ1v) is 9.49. The summed E-state index contributed by atoms with van der Waals surface area (Å²) in [6, 6.07) is 7.70. The third-order valence-electron chi connectivity index (χ3n) is 4.42. The van der Waals surface area contributed by atoms with Crippen molar-refractivity contribution >= 4 is 34.4 Å². The van der Waals surface area contributed by atoms with Crippen molar-refractivity contribution in [3.05, 3.63) is 59.1 Å². The number of carbonyl (C=O) groups is 1. The smallest absolute Gasteiger partial charge is 0.328 e. The second-order valence-electron chi connectivity index (χ2n) is 6.53. The van der Waals surface area contributed by atoms with Crippen LogP contribution in [-0.4, -0.2) is 49.0 Å². The molecule has 0 bridgehead atoms. The van der Waals surface area contributed by atoms with Crippen LogP contribution in [0, 0.1) is 11.6 Å². The van der Waals surface area contributed by atoms with Crippen molar-refractivity contribution in [3.8, 4) is 23.0 Å². The Bertz CT molecular complexity index is 1320. The van der Waals surface area contributed by atoms with Crippen LogP contribution in [0.5, 0.6) is 11.8 Å². The monoisotopic (exact) mass is 461 g/mol. The molecule has 2 heterocycles. The molecule has 4 aromatic rings. The highest BCUT2D eigenvalue weighted by molar-refractivity contribution is 6.33. The topological polar surface area (TPSA) is 133 Å². The molecule has 4 N–H and O–H groups in total. The number of ether oxygens (including phenoxy) is 1.